The van der Waals surface area contributed by atoms with Crippen LogP contribution in [0.1, 0.15) is 71.0 Å². The number of nitrogens with one attached hydrogen (secondary N) is 1. The molecule has 4 rings (SSSR count). The van der Waals surface area contributed by atoms with Gasteiger partial charge in [0.15, 0.2) is 5.65 Å². The number of nitrogens with zero attached hydrogens (tertiary/aromatic N) is 3. The van der Waals surface area contributed by atoms with E-state index in [9.17, 15) is 4.79 Å². The summed E-state index contributed by atoms with van der Waals surface area (Å²) in [6.45, 7) is 8.40. The highest BCUT2D eigenvalue weighted by atomic mass is 16.1. The van der Waals surface area contributed by atoms with Crippen LogP contribution in [0.15, 0.2) is 30.5 Å². The molecule has 3 aromatic rings. The average Bonchev–Trinajstić information content (AvgIpc) is 3.12. The third kappa shape index (κ3) is 3.91. The van der Waals surface area contributed by atoms with Crippen LogP contribution in [0.25, 0.3) is 5.65 Å². The van der Waals surface area contributed by atoms with Gasteiger partial charge in [-0.05, 0) is 50.7 Å². The first-order valence-electron chi connectivity index (χ1n) is 10.6. The Labute approximate surface area is 172 Å². The second-order valence-corrected chi connectivity index (χ2v) is 8.56. The third-order valence-electron chi connectivity index (χ3n) is 6.38. The van der Waals surface area contributed by atoms with Crippen LogP contribution < -0.4 is 5.32 Å². The molecule has 152 valence electrons. The zero-order valence-electron chi connectivity index (χ0n) is 17.8. The zero-order chi connectivity index (χ0) is 20.5. The van der Waals surface area contributed by atoms with E-state index in [-0.39, 0.29) is 11.9 Å². The van der Waals surface area contributed by atoms with Gasteiger partial charge in [-0.15, -0.1) is 0 Å². The van der Waals surface area contributed by atoms with Gasteiger partial charge < -0.3 is 5.32 Å². The Kier molecular flexibility index (Phi) is 5.39. The molecule has 0 aliphatic heterocycles. The minimum atomic E-state index is -0.0589. The molecule has 1 amide bonds. The minimum Gasteiger partial charge on any atom is -0.349 e. The lowest BCUT2D eigenvalue weighted by Crippen LogP contribution is -2.41. The summed E-state index contributed by atoms with van der Waals surface area (Å²) in [5, 5.41) is 7.73. The normalized spacial score (nSPS) is 19.4. The van der Waals surface area contributed by atoms with Gasteiger partial charge in [0.2, 0.25) is 0 Å². The van der Waals surface area contributed by atoms with E-state index in [1.54, 1.807) is 6.20 Å². The van der Waals surface area contributed by atoms with Crippen LogP contribution in [-0.2, 0) is 6.42 Å². The molecule has 0 spiro atoms. The van der Waals surface area contributed by atoms with E-state index in [2.05, 4.69) is 55.5 Å². The summed E-state index contributed by atoms with van der Waals surface area (Å²) in [4.78, 5) is 17.7. The second-order valence-electron chi connectivity index (χ2n) is 8.56. The average molecular weight is 391 g/mol. The Balaban J connectivity index is 1.63. The molecule has 1 fully saturated rings. The number of carbonyl (C=O) groups is 1. The molecule has 1 N–H and O–H groups in total. The largest absolute Gasteiger partial charge is 0.349 e. The van der Waals surface area contributed by atoms with Crippen molar-refractivity contribution in [1.29, 1.82) is 0 Å². The summed E-state index contributed by atoms with van der Waals surface area (Å²) in [5.74, 6) is 0.461. The lowest BCUT2D eigenvalue weighted by molar-refractivity contribution is 0.0911. The minimum absolute atomic E-state index is 0.0589. The molecule has 1 saturated carbocycles. The zero-order valence-corrected chi connectivity index (χ0v) is 17.8. The molecule has 1 aliphatic rings. The van der Waals surface area contributed by atoms with Gasteiger partial charge in [-0.25, -0.2) is 9.50 Å². The van der Waals surface area contributed by atoms with Gasteiger partial charge in [0, 0.05) is 23.9 Å². The summed E-state index contributed by atoms with van der Waals surface area (Å²) in [6, 6.07) is 8.83. The Morgan fingerprint density at radius 1 is 1.14 bits per heavy atom. The van der Waals surface area contributed by atoms with Gasteiger partial charge >= 0.3 is 0 Å². The Bertz CT molecular complexity index is 1040. The van der Waals surface area contributed by atoms with E-state index in [0.717, 1.165) is 29.8 Å². The lowest BCUT2D eigenvalue weighted by Gasteiger charge is -2.29. The van der Waals surface area contributed by atoms with E-state index in [1.165, 1.54) is 30.4 Å². The summed E-state index contributed by atoms with van der Waals surface area (Å²) < 4.78 is 1.82. The van der Waals surface area contributed by atoms with Gasteiger partial charge in [0.25, 0.3) is 5.91 Å². The van der Waals surface area contributed by atoms with Crippen molar-refractivity contribution in [3.8, 4) is 0 Å². The maximum atomic E-state index is 13.0. The van der Waals surface area contributed by atoms with Gasteiger partial charge in [-0.1, -0.05) is 49.6 Å². The fourth-order valence-electron chi connectivity index (χ4n) is 4.41. The van der Waals surface area contributed by atoms with Crippen molar-refractivity contribution in [1.82, 2.24) is 19.9 Å². The first-order valence-corrected chi connectivity index (χ1v) is 10.6. The molecule has 2 heterocycles. The SMILES string of the molecule is Cc1ccc(Cc2c(C)nc3c(C(=O)N[C@H]4CCCC[C@H]4C)cnn3c2C)cc1. The maximum Gasteiger partial charge on any atom is 0.256 e. The molecular formula is C24H30N4O. The molecule has 0 unspecified atom stereocenters. The topological polar surface area (TPSA) is 59.3 Å². The van der Waals surface area contributed by atoms with Crippen molar-refractivity contribution >= 4 is 11.6 Å². The van der Waals surface area contributed by atoms with Gasteiger partial charge in [-0.2, -0.15) is 5.10 Å². The predicted molar refractivity (Wildman–Crippen MR) is 115 cm³/mol. The van der Waals surface area contributed by atoms with Crippen molar-refractivity contribution in [2.45, 2.75) is 65.8 Å². The van der Waals surface area contributed by atoms with Gasteiger partial charge in [-0.3, -0.25) is 4.79 Å². The molecular weight excluding hydrogens is 360 g/mol. The Morgan fingerprint density at radius 2 is 1.86 bits per heavy atom. The van der Waals surface area contributed by atoms with Crippen LogP contribution in [0.5, 0.6) is 0 Å². The van der Waals surface area contributed by atoms with E-state index in [1.807, 2.05) is 11.4 Å². The fraction of sp³-hybridized carbons (Fsp3) is 0.458. The number of rotatable bonds is 4. The number of benzene rings is 1. The molecule has 0 saturated heterocycles. The van der Waals surface area contributed by atoms with Crippen LogP contribution in [-0.4, -0.2) is 26.5 Å². The third-order valence-corrected chi connectivity index (χ3v) is 6.38. The molecule has 29 heavy (non-hydrogen) atoms. The van der Waals surface area contributed by atoms with E-state index >= 15 is 0 Å². The van der Waals surface area contributed by atoms with Crippen LogP contribution in [0.4, 0.5) is 0 Å². The number of hydrogen-bond acceptors (Lipinski definition) is 3. The molecule has 2 aromatic heterocycles. The van der Waals surface area contributed by atoms with Crippen molar-refractivity contribution in [2.24, 2.45) is 5.92 Å². The standard InChI is InChI=1S/C24H30N4O/c1-15-9-11-19(12-10-15)13-20-17(3)26-23-21(14-25-28(23)18(20)4)24(29)27-22-8-6-5-7-16(22)2/h9-12,14,16,22H,5-8,13H2,1-4H3,(H,27,29)/t16-,22+/m1/s1. The highest BCUT2D eigenvalue weighted by Crippen LogP contribution is 2.25. The molecule has 5 heteroatoms. The lowest BCUT2D eigenvalue weighted by atomic mass is 9.86. The van der Waals surface area contributed by atoms with E-state index in [0.29, 0.717) is 17.1 Å². The predicted octanol–water partition coefficient (Wildman–Crippen LogP) is 4.55. The Hall–Kier alpha value is -2.69. The first kappa shape index (κ1) is 19.6. The van der Waals surface area contributed by atoms with E-state index < -0.39 is 0 Å². The molecule has 5 nitrogen and oxygen atoms in total. The molecule has 1 aromatic carbocycles. The smallest absolute Gasteiger partial charge is 0.256 e. The summed E-state index contributed by atoms with van der Waals surface area (Å²) >= 11 is 0. The number of aromatic nitrogens is 3. The van der Waals surface area contributed by atoms with Gasteiger partial charge in [0.1, 0.15) is 5.56 Å². The molecule has 1 aliphatic carbocycles. The monoisotopic (exact) mass is 390 g/mol. The van der Waals surface area contributed by atoms with Gasteiger partial charge in [0.05, 0.1) is 6.20 Å². The van der Waals surface area contributed by atoms with Crippen LogP contribution in [0.3, 0.4) is 0 Å². The quantitative estimate of drug-likeness (QED) is 0.711. The molecule has 0 bridgehead atoms. The van der Waals surface area contributed by atoms with E-state index in [4.69, 9.17) is 4.98 Å². The number of aryl methyl sites for hydroxylation is 3. The van der Waals surface area contributed by atoms with Crippen molar-refractivity contribution in [3.05, 3.63) is 64.1 Å². The van der Waals surface area contributed by atoms with Crippen molar-refractivity contribution in [3.63, 3.8) is 0 Å². The highest BCUT2D eigenvalue weighted by Gasteiger charge is 2.25. The van der Waals surface area contributed by atoms with Crippen molar-refractivity contribution < 1.29 is 4.79 Å². The summed E-state index contributed by atoms with van der Waals surface area (Å²) in [5.41, 5.74) is 6.88. The summed E-state index contributed by atoms with van der Waals surface area (Å²) in [7, 11) is 0. The first-order chi connectivity index (χ1) is 13.9. The number of amides is 1. The number of hydrogen-bond donors (Lipinski definition) is 1. The number of carbonyl (C=O) groups excluding carboxylic acids is 1. The van der Waals surface area contributed by atoms with Crippen molar-refractivity contribution in [2.75, 3.05) is 0 Å². The van der Waals surface area contributed by atoms with Crippen LogP contribution in [0.2, 0.25) is 0 Å². The van der Waals surface area contributed by atoms with Crippen LogP contribution in [0, 0.1) is 26.7 Å². The van der Waals surface area contributed by atoms with Crippen LogP contribution >= 0.6 is 0 Å². The molecule has 2 atom stereocenters. The highest BCUT2D eigenvalue weighted by molar-refractivity contribution is 5.99. The maximum absolute atomic E-state index is 13.0. The molecule has 0 radical (unpaired) electrons. The fourth-order valence-corrected chi connectivity index (χ4v) is 4.41. The Morgan fingerprint density at radius 3 is 2.59 bits per heavy atom. The summed E-state index contributed by atoms with van der Waals surface area (Å²) in [6.07, 6.45) is 7.14. The number of fused-ring (bicyclic) bond motifs is 1. The second kappa shape index (κ2) is 7.97.